The van der Waals surface area contributed by atoms with Crippen molar-refractivity contribution in [2.45, 2.75) is 53.1 Å². The minimum Gasteiger partial charge on any atom is -0.478 e. The average Bonchev–Trinajstić information content (AvgIpc) is 2.46. The van der Waals surface area contributed by atoms with Gasteiger partial charge in [-0.25, -0.2) is 4.98 Å². The van der Waals surface area contributed by atoms with Gasteiger partial charge < -0.3 is 14.8 Å². The zero-order valence-corrected chi connectivity index (χ0v) is 14.5. The molecule has 0 unspecified atom stereocenters. The normalized spacial score (nSPS) is 13.8. The van der Waals surface area contributed by atoms with Gasteiger partial charge in [0.05, 0.1) is 18.0 Å². The number of nitrogens with one attached hydrogen (secondary N) is 1. The number of aromatic nitrogens is 1. The molecule has 1 amide bonds. The molecular weight excluding hydrogens is 280 g/mol. The van der Waals surface area contributed by atoms with Gasteiger partial charge in [-0.05, 0) is 38.7 Å². The van der Waals surface area contributed by atoms with Crippen molar-refractivity contribution in [3.63, 3.8) is 0 Å². The second-order valence-electron chi connectivity index (χ2n) is 6.12. The van der Waals surface area contributed by atoms with Crippen LogP contribution in [-0.2, 0) is 9.53 Å². The Morgan fingerprint density at radius 1 is 1.41 bits per heavy atom. The Hall–Kier alpha value is -1.62. The quantitative estimate of drug-likeness (QED) is 0.797. The van der Waals surface area contributed by atoms with Crippen LogP contribution in [0.2, 0.25) is 0 Å². The number of hydrogen-bond acceptors (Lipinski definition) is 4. The molecular formula is C17H28N2O3. The molecule has 0 aliphatic carbocycles. The predicted octanol–water partition coefficient (Wildman–Crippen LogP) is 3.57. The van der Waals surface area contributed by atoms with E-state index in [0.717, 1.165) is 12.1 Å². The zero-order valence-electron chi connectivity index (χ0n) is 14.5. The molecule has 0 aliphatic rings. The Morgan fingerprint density at radius 2 is 2.09 bits per heavy atom. The van der Waals surface area contributed by atoms with E-state index in [-0.39, 0.29) is 5.91 Å². The van der Waals surface area contributed by atoms with Crippen LogP contribution < -0.4 is 10.1 Å². The lowest BCUT2D eigenvalue weighted by atomic mass is 9.93. The van der Waals surface area contributed by atoms with Crippen molar-refractivity contribution in [3.8, 4) is 5.88 Å². The molecule has 1 rings (SSSR count). The standard InChI is InChI=1S/C17H28N2O3/c1-7-10-22-15-9-8-14(13(4)18-15)19-16(20)17(5,21-6)11-12(2)3/h8-9,12H,7,10-11H2,1-6H3,(H,19,20)/t17-/m1/s1. The van der Waals surface area contributed by atoms with Crippen LogP contribution in [0.15, 0.2) is 12.1 Å². The van der Waals surface area contributed by atoms with Gasteiger partial charge in [0.25, 0.3) is 5.91 Å². The molecule has 0 aromatic carbocycles. The van der Waals surface area contributed by atoms with Crippen molar-refractivity contribution in [1.29, 1.82) is 0 Å². The Balaban J connectivity index is 2.83. The first-order valence-corrected chi connectivity index (χ1v) is 7.79. The Kier molecular flexibility index (Phi) is 6.81. The van der Waals surface area contributed by atoms with E-state index in [9.17, 15) is 4.79 Å². The molecule has 1 atom stereocenters. The second-order valence-corrected chi connectivity index (χ2v) is 6.12. The lowest BCUT2D eigenvalue weighted by Crippen LogP contribution is -2.43. The average molecular weight is 308 g/mol. The maximum atomic E-state index is 12.5. The predicted molar refractivity (Wildman–Crippen MR) is 88.3 cm³/mol. The van der Waals surface area contributed by atoms with Crippen LogP contribution in [-0.4, -0.2) is 30.2 Å². The number of amides is 1. The third-order valence-corrected chi connectivity index (χ3v) is 3.49. The van der Waals surface area contributed by atoms with Crippen LogP contribution >= 0.6 is 0 Å². The maximum absolute atomic E-state index is 12.5. The molecule has 22 heavy (non-hydrogen) atoms. The number of aryl methyl sites for hydroxylation is 1. The summed E-state index contributed by atoms with van der Waals surface area (Å²) in [4.78, 5) is 16.9. The van der Waals surface area contributed by atoms with Gasteiger partial charge in [0.15, 0.2) is 0 Å². The van der Waals surface area contributed by atoms with Crippen LogP contribution in [0.5, 0.6) is 5.88 Å². The number of pyridine rings is 1. The molecule has 1 aromatic heterocycles. The van der Waals surface area contributed by atoms with Crippen molar-refractivity contribution < 1.29 is 14.3 Å². The molecule has 1 heterocycles. The molecule has 5 heteroatoms. The summed E-state index contributed by atoms with van der Waals surface area (Å²) < 4.78 is 10.9. The van der Waals surface area contributed by atoms with Crippen molar-refractivity contribution in [2.75, 3.05) is 19.0 Å². The summed E-state index contributed by atoms with van der Waals surface area (Å²) in [5, 5.41) is 2.91. The topological polar surface area (TPSA) is 60.5 Å². The van der Waals surface area contributed by atoms with Crippen LogP contribution in [0, 0.1) is 12.8 Å². The highest BCUT2D eigenvalue weighted by Gasteiger charge is 2.34. The number of hydrogen-bond donors (Lipinski definition) is 1. The third kappa shape index (κ3) is 4.98. The molecule has 0 spiro atoms. The van der Waals surface area contributed by atoms with Crippen LogP contribution in [0.3, 0.4) is 0 Å². The summed E-state index contributed by atoms with van der Waals surface area (Å²) in [6, 6.07) is 3.58. The van der Waals surface area contributed by atoms with E-state index < -0.39 is 5.60 Å². The maximum Gasteiger partial charge on any atom is 0.256 e. The number of ether oxygens (including phenoxy) is 2. The third-order valence-electron chi connectivity index (χ3n) is 3.49. The van der Waals surface area contributed by atoms with Crippen molar-refractivity contribution in [3.05, 3.63) is 17.8 Å². The molecule has 0 fully saturated rings. The highest BCUT2D eigenvalue weighted by molar-refractivity contribution is 5.97. The Morgan fingerprint density at radius 3 is 2.59 bits per heavy atom. The van der Waals surface area contributed by atoms with Gasteiger partial charge in [0.1, 0.15) is 5.60 Å². The van der Waals surface area contributed by atoms with Crippen LogP contribution in [0.1, 0.15) is 46.2 Å². The lowest BCUT2D eigenvalue weighted by molar-refractivity contribution is -0.137. The summed E-state index contributed by atoms with van der Waals surface area (Å²) in [5.74, 6) is 0.782. The first-order chi connectivity index (χ1) is 10.3. The number of rotatable bonds is 8. The van der Waals surface area contributed by atoms with E-state index in [1.54, 1.807) is 13.2 Å². The molecule has 124 valence electrons. The molecule has 0 saturated heterocycles. The van der Waals surface area contributed by atoms with Crippen LogP contribution in [0.25, 0.3) is 0 Å². The zero-order chi connectivity index (χ0) is 16.8. The Bertz CT molecular complexity index is 503. The molecule has 0 aliphatic heterocycles. The monoisotopic (exact) mass is 308 g/mol. The number of nitrogens with zero attached hydrogens (tertiary/aromatic N) is 1. The van der Waals surface area contributed by atoms with Gasteiger partial charge in [-0.1, -0.05) is 20.8 Å². The van der Waals surface area contributed by atoms with Gasteiger partial charge in [0.2, 0.25) is 5.88 Å². The molecule has 1 aromatic rings. The van der Waals surface area contributed by atoms with E-state index in [4.69, 9.17) is 9.47 Å². The molecule has 0 saturated carbocycles. The van der Waals surface area contributed by atoms with E-state index in [1.165, 1.54) is 0 Å². The fraction of sp³-hybridized carbons (Fsp3) is 0.647. The van der Waals surface area contributed by atoms with E-state index in [2.05, 4.69) is 24.1 Å². The van der Waals surface area contributed by atoms with Gasteiger partial charge in [-0.2, -0.15) is 0 Å². The minimum absolute atomic E-state index is 0.157. The molecule has 1 N–H and O–H groups in total. The lowest BCUT2D eigenvalue weighted by Gasteiger charge is -2.28. The second kappa shape index (κ2) is 8.13. The molecule has 0 bridgehead atoms. The van der Waals surface area contributed by atoms with Crippen molar-refractivity contribution >= 4 is 11.6 Å². The first kappa shape index (κ1) is 18.4. The number of carbonyl (C=O) groups excluding carboxylic acids is 1. The Labute approximate surface area is 133 Å². The highest BCUT2D eigenvalue weighted by atomic mass is 16.5. The SMILES string of the molecule is CCCOc1ccc(NC(=O)[C@@](C)(CC(C)C)OC)c(C)n1. The van der Waals surface area contributed by atoms with Gasteiger partial charge >= 0.3 is 0 Å². The molecule has 0 radical (unpaired) electrons. The van der Waals surface area contributed by atoms with E-state index in [0.29, 0.717) is 30.5 Å². The number of methoxy groups -OCH3 is 1. The number of anilines is 1. The summed E-state index contributed by atoms with van der Waals surface area (Å²) in [5.41, 5.74) is 0.559. The highest BCUT2D eigenvalue weighted by Crippen LogP contribution is 2.24. The fourth-order valence-electron chi connectivity index (χ4n) is 2.26. The molecule has 5 nitrogen and oxygen atoms in total. The smallest absolute Gasteiger partial charge is 0.256 e. The summed E-state index contributed by atoms with van der Waals surface area (Å²) in [7, 11) is 1.56. The largest absolute Gasteiger partial charge is 0.478 e. The van der Waals surface area contributed by atoms with Crippen molar-refractivity contribution in [1.82, 2.24) is 4.98 Å². The van der Waals surface area contributed by atoms with E-state index >= 15 is 0 Å². The van der Waals surface area contributed by atoms with Gasteiger partial charge in [0, 0.05) is 13.2 Å². The van der Waals surface area contributed by atoms with Gasteiger partial charge in [-0.15, -0.1) is 0 Å². The van der Waals surface area contributed by atoms with Crippen molar-refractivity contribution in [2.24, 2.45) is 5.92 Å². The minimum atomic E-state index is -0.849. The first-order valence-electron chi connectivity index (χ1n) is 7.79. The summed E-state index contributed by atoms with van der Waals surface area (Å²) in [6.07, 6.45) is 1.58. The fourth-order valence-corrected chi connectivity index (χ4v) is 2.26. The van der Waals surface area contributed by atoms with E-state index in [1.807, 2.05) is 26.8 Å². The van der Waals surface area contributed by atoms with Crippen LogP contribution in [0.4, 0.5) is 5.69 Å². The number of carbonyl (C=O) groups is 1. The summed E-state index contributed by atoms with van der Waals surface area (Å²) >= 11 is 0. The summed E-state index contributed by atoms with van der Waals surface area (Å²) in [6.45, 7) is 10.5. The van der Waals surface area contributed by atoms with Gasteiger partial charge in [-0.3, -0.25) is 4.79 Å².